The highest BCUT2D eigenvalue weighted by molar-refractivity contribution is 4.96. The molecule has 1 saturated heterocycles. The zero-order chi connectivity index (χ0) is 12.6. The van der Waals surface area contributed by atoms with E-state index < -0.39 is 0 Å². The van der Waals surface area contributed by atoms with Crippen molar-refractivity contribution in [1.82, 2.24) is 15.1 Å². The molecule has 0 amide bonds. The fourth-order valence-corrected chi connectivity index (χ4v) is 2.51. The smallest absolute Gasteiger partial charge is 0.0327 e. The van der Waals surface area contributed by atoms with E-state index in [1.807, 2.05) is 0 Å². The van der Waals surface area contributed by atoms with Crippen LogP contribution in [-0.4, -0.2) is 60.6 Å². The molecule has 16 heavy (non-hydrogen) atoms. The molecule has 1 heterocycles. The first-order valence-electron chi connectivity index (χ1n) is 6.28. The molecule has 0 bridgehead atoms. The minimum Gasteiger partial charge on any atom is -0.308 e. The van der Waals surface area contributed by atoms with Gasteiger partial charge in [0.25, 0.3) is 0 Å². The second kappa shape index (κ2) is 4.63. The van der Waals surface area contributed by atoms with Crippen molar-refractivity contribution < 1.29 is 0 Å². The summed E-state index contributed by atoms with van der Waals surface area (Å²) >= 11 is 0. The monoisotopic (exact) mass is 227 g/mol. The van der Waals surface area contributed by atoms with Crippen molar-refractivity contribution in [1.29, 1.82) is 0 Å². The van der Waals surface area contributed by atoms with E-state index in [1.165, 1.54) is 0 Å². The molecular formula is C13H29N3. The molecule has 0 aromatic rings. The van der Waals surface area contributed by atoms with Gasteiger partial charge in [-0.15, -0.1) is 0 Å². The lowest BCUT2D eigenvalue weighted by atomic mass is 9.93. The average Bonchev–Trinajstić information content (AvgIpc) is 1.97. The Labute approximate surface area is 101 Å². The van der Waals surface area contributed by atoms with Gasteiger partial charge in [0.2, 0.25) is 0 Å². The van der Waals surface area contributed by atoms with E-state index in [9.17, 15) is 0 Å². The number of likely N-dealkylation sites (N-methyl/N-ethyl adjacent to an activating group) is 1. The van der Waals surface area contributed by atoms with Gasteiger partial charge in [0.05, 0.1) is 0 Å². The van der Waals surface area contributed by atoms with Crippen molar-refractivity contribution in [2.75, 3.05) is 33.7 Å². The molecule has 0 spiro atoms. The second-order valence-corrected chi connectivity index (χ2v) is 7.04. The van der Waals surface area contributed by atoms with Gasteiger partial charge in [-0.1, -0.05) is 0 Å². The highest BCUT2D eigenvalue weighted by Gasteiger charge is 2.36. The fraction of sp³-hybridized carbons (Fsp3) is 1.00. The first-order chi connectivity index (χ1) is 7.10. The highest BCUT2D eigenvalue weighted by Crippen LogP contribution is 2.22. The van der Waals surface area contributed by atoms with Gasteiger partial charge >= 0.3 is 0 Å². The van der Waals surface area contributed by atoms with Gasteiger partial charge < -0.3 is 10.2 Å². The summed E-state index contributed by atoms with van der Waals surface area (Å²) in [5, 5.41) is 3.74. The van der Waals surface area contributed by atoms with Crippen molar-refractivity contribution in [3.8, 4) is 0 Å². The van der Waals surface area contributed by atoms with E-state index >= 15 is 0 Å². The van der Waals surface area contributed by atoms with E-state index in [2.05, 4.69) is 63.8 Å². The van der Waals surface area contributed by atoms with Crippen LogP contribution in [0.4, 0.5) is 0 Å². The molecular weight excluding hydrogens is 198 g/mol. The van der Waals surface area contributed by atoms with E-state index in [0.29, 0.717) is 6.04 Å². The van der Waals surface area contributed by atoms with Crippen molar-refractivity contribution in [2.45, 2.75) is 51.7 Å². The molecule has 1 N–H and O–H groups in total. The molecule has 0 radical (unpaired) electrons. The topological polar surface area (TPSA) is 18.5 Å². The molecule has 96 valence electrons. The van der Waals surface area contributed by atoms with E-state index in [4.69, 9.17) is 0 Å². The minimum absolute atomic E-state index is 0.214. The normalized spacial score (nSPS) is 27.4. The third kappa shape index (κ3) is 4.04. The Balaban J connectivity index is 2.70. The van der Waals surface area contributed by atoms with E-state index in [-0.39, 0.29) is 11.1 Å². The molecule has 3 nitrogen and oxygen atoms in total. The van der Waals surface area contributed by atoms with Crippen LogP contribution in [-0.2, 0) is 0 Å². The van der Waals surface area contributed by atoms with Gasteiger partial charge in [0.1, 0.15) is 0 Å². The Morgan fingerprint density at radius 1 is 1.31 bits per heavy atom. The zero-order valence-corrected chi connectivity index (χ0v) is 12.1. The maximum Gasteiger partial charge on any atom is 0.0327 e. The first-order valence-corrected chi connectivity index (χ1v) is 6.28. The molecule has 0 aromatic carbocycles. The van der Waals surface area contributed by atoms with Gasteiger partial charge in [0.15, 0.2) is 0 Å². The van der Waals surface area contributed by atoms with Crippen LogP contribution in [0.5, 0.6) is 0 Å². The van der Waals surface area contributed by atoms with Crippen LogP contribution >= 0.6 is 0 Å². The Morgan fingerprint density at radius 2 is 1.88 bits per heavy atom. The number of nitrogens with zero attached hydrogens (tertiary/aromatic N) is 2. The molecule has 1 atom stereocenters. The maximum absolute atomic E-state index is 3.74. The van der Waals surface area contributed by atoms with Crippen LogP contribution in [0.2, 0.25) is 0 Å². The Morgan fingerprint density at radius 3 is 2.31 bits per heavy atom. The van der Waals surface area contributed by atoms with Crippen LogP contribution < -0.4 is 5.32 Å². The van der Waals surface area contributed by atoms with Crippen molar-refractivity contribution >= 4 is 0 Å². The van der Waals surface area contributed by atoms with Gasteiger partial charge in [-0.2, -0.15) is 0 Å². The molecule has 0 aromatic heterocycles. The number of hydrogen-bond donors (Lipinski definition) is 1. The third-order valence-corrected chi connectivity index (χ3v) is 3.16. The fourth-order valence-electron chi connectivity index (χ4n) is 2.51. The lowest BCUT2D eigenvalue weighted by molar-refractivity contribution is 0.0377. The lowest BCUT2D eigenvalue weighted by Gasteiger charge is -2.49. The van der Waals surface area contributed by atoms with Crippen LogP contribution in [0.15, 0.2) is 0 Å². The summed E-state index contributed by atoms with van der Waals surface area (Å²) in [6.45, 7) is 14.9. The SMILES string of the molecule is CN(C)CC1CN(C(C)(C)C)CC(C)(C)N1. The van der Waals surface area contributed by atoms with Gasteiger partial charge in [-0.05, 0) is 48.7 Å². The highest BCUT2D eigenvalue weighted by atomic mass is 15.3. The van der Waals surface area contributed by atoms with Crippen molar-refractivity contribution in [2.24, 2.45) is 0 Å². The maximum atomic E-state index is 3.74. The molecule has 1 fully saturated rings. The first kappa shape index (κ1) is 13.9. The van der Waals surface area contributed by atoms with E-state index in [1.54, 1.807) is 0 Å². The van der Waals surface area contributed by atoms with Gasteiger partial charge in [-0.25, -0.2) is 0 Å². The van der Waals surface area contributed by atoms with Crippen LogP contribution in [0.25, 0.3) is 0 Å². The quantitative estimate of drug-likeness (QED) is 0.769. The summed E-state index contributed by atoms with van der Waals surface area (Å²) in [5.74, 6) is 0. The molecule has 0 saturated carbocycles. The molecule has 0 aliphatic carbocycles. The standard InChI is InChI=1S/C13H29N3/c1-12(2,3)16-9-11(8-15(6)7)14-13(4,5)10-16/h11,14H,8-10H2,1-7H3. The van der Waals surface area contributed by atoms with Crippen molar-refractivity contribution in [3.05, 3.63) is 0 Å². The number of hydrogen-bond acceptors (Lipinski definition) is 3. The Kier molecular flexibility index (Phi) is 4.04. The predicted molar refractivity (Wildman–Crippen MR) is 70.9 cm³/mol. The van der Waals surface area contributed by atoms with Crippen LogP contribution in [0, 0.1) is 0 Å². The average molecular weight is 227 g/mol. The summed E-state index contributed by atoms with van der Waals surface area (Å²) in [5.41, 5.74) is 0.482. The molecule has 1 unspecified atom stereocenters. The van der Waals surface area contributed by atoms with Crippen LogP contribution in [0.1, 0.15) is 34.6 Å². The number of rotatable bonds is 2. The summed E-state index contributed by atoms with van der Waals surface area (Å²) in [6.07, 6.45) is 0. The third-order valence-electron chi connectivity index (χ3n) is 3.16. The van der Waals surface area contributed by atoms with Gasteiger partial charge in [-0.3, -0.25) is 4.90 Å². The van der Waals surface area contributed by atoms with E-state index in [0.717, 1.165) is 19.6 Å². The number of nitrogens with one attached hydrogen (secondary N) is 1. The van der Waals surface area contributed by atoms with Crippen molar-refractivity contribution in [3.63, 3.8) is 0 Å². The molecule has 1 rings (SSSR count). The lowest BCUT2D eigenvalue weighted by Crippen LogP contribution is -2.67. The summed E-state index contributed by atoms with van der Waals surface area (Å²) in [6, 6.07) is 0.568. The second-order valence-electron chi connectivity index (χ2n) is 7.04. The molecule has 1 aliphatic rings. The molecule has 3 heteroatoms. The largest absolute Gasteiger partial charge is 0.308 e. The Bertz CT molecular complexity index is 228. The predicted octanol–water partition coefficient (Wildman–Crippen LogP) is 1.40. The number of piperazine rings is 1. The summed E-state index contributed by atoms with van der Waals surface area (Å²) in [7, 11) is 4.29. The van der Waals surface area contributed by atoms with Crippen LogP contribution in [0.3, 0.4) is 0 Å². The Hall–Kier alpha value is -0.120. The molecule has 1 aliphatic heterocycles. The minimum atomic E-state index is 0.214. The summed E-state index contributed by atoms with van der Waals surface area (Å²) in [4.78, 5) is 4.86. The van der Waals surface area contributed by atoms with Gasteiger partial charge in [0, 0.05) is 36.8 Å². The zero-order valence-electron chi connectivity index (χ0n) is 12.1. The summed E-state index contributed by atoms with van der Waals surface area (Å²) < 4.78 is 0.